The van der Waals surface area contributed by atoms with Crippen LogP contribution in [-0.4, -0.2) is 14.7 Å². The molecule has 0 aliphatic heterocycles. The van der Waals surface area contributed by atoms with Crippen LogP contribution in [0.4, 0.5) is 10.1 Å². The minimum atomic E-state index is -3.19. The van der Waals surface area contributed by atoms with Gasteiger partial charge in [0.1, 0.15) is 5.82 Å². The van der Waals surface area contributed by atoms with Gasteiger partial charge in [0, 0.05) is 28.5 Å². The molecule has 20 heavy (non-hydrogen) atoms. The van der Waals surface area contributed by atoms with Crippen LogP contribution < -0.4 is 5.32 Å². The quantitative estimate of drug-likeness (QED) is 0.908. The van der Waals surface area contributed by atoms with E-state index in [4.69, 9.17) is 0 Å². The lowest BCUT2D eigenvalue weighted by Crippen LogP contribution is -2.02. The lowest BCUT2D eigenvalue weighted by atomic mass is 10.2. The fourth-order valence-corrected chi connectivity index (χ4v) is 2.74. The van der Waals surface area contributed by atoms with E-state index < -0.39 is 9.84 Å². The van der Waals surface area contributed by atoms with Crippen molar-refractivity contribution in [3.8, 4) is 0 Å². The summed E-state index contributed by atoms with van der Waals surface area (Å²) in [6.45, 7) is 0.323. The molecule has 0 aliphatic rings. The first-order chi connectivity index (χ1) is 9.36. The number of anilines is 1. The molecule has 0 saturated heterocycles. The molecule has 0 aliphatic carbocycles. The molecule has 106 valence electrons. The fraction of sp³-hybridized carbons (Fsp3) is 0.143. The highest BCUT2D eigenvalue weighted by atomic mass is 79.9. The van der Waals surface area contributed by atoms with Gasteiger partial charge in [0.2, 0.25) is 0 Å². The van der Waals surface area contributed by atoms with E-state index in [2.05, 4.69) is 21.2 Å². The van der Waals surface area contributed by atoms with Crippen LogP contribution in [0.1, 0.15) is 5.56 Å². The van der Waals surface area contributed by atoms with E-state index in [9.17, 15) is 12.8 Å². The Hall–Kier alpha value is -1.40. The van der Waals surface area contributed by atoms with Crippen LogP contribution in [-0.2, 0) is 16.4 Å². The van der Waals surface area contributed by atoms with Gasteiger partial charge >= 0.3 is 0 Å². The first-order valence-electron chi connectivity index (χ1n) is 5.84. The first kappa shape index (κ1) is 15.0. The number of hydrogen-bond donors (Lipinski definition) is 1. The van der Waals surface area contributed by atoms with Crippen LogP contribution >= 0.6 is 15.9 Å². The maximum absolute atomic E-state index is 13.6. The standard InChI is InChI=1S/C14H13BrFNO2S/c1-20(18,19)13-5-3-12(4-6-13)17-9-10-8-11(15)2-7-14(10)16/h2-8,17H,9H2,1H3. The fourth-order valence-electron chi connectivity index (χ4n) is 1.70. The first-order valence-corrected chi connectivity index (χ1v) is 8.52. The Labute approximate surface area is 125 Å². The topological polar surface area (TPSA) is 46.2 Å². The molecule has 0 fully saturated rings. The lowest BCUT2D eigenvalue weighted by molar-refractivity contribution is 0.602. The van der Waals surface area contributed by atoms with Crippen molar-refractivity contribution in [1.82, 2.24) is 0 Å². The van der Waals surface area contributed by atoms with Gasteiger partial charge in [-0.3, -0.25) is 0 Å². The zero-order chi connectivity index (χ0) is 14.8. The van der Waals surface area contributed by atoms with E-state index >= 15 is 0 Å². The summed E-state index contributed by atoms with van der Waals surface area (Å²) in [4.78, 5) is 0.261. The van der Waals surface area contributed by atoms with Crippen molar-refractivity contribution in [2.75, 3.05) is 11.6 Å². The van der Waals surface area contributed by atoms with E-state index in [1.54, 1.807) is 24.3 Å². The third-order valence-corrected chi connectivity index (χ3v) is 4.39. The van der Waals surface area contributed by atoms with Gasteiger partial charge in [-0.1, -0.05) is 15.9 Å². The number of halogens is 2. The highest BCUT2D eigenvalue weighted by Crippen LogP contribution is 2.18. The summed E-state index contributed by atoms with van der Waals surface area (Å²) < 4.78 is 37.0. The van der Waals surface area contributed by atoms with Crippen LogP contribution in [0.3, 0.4) is 0 Å². The van der Waals surface area contributed by atoms with Gasteiger partial charge in [0.25, 0.3) is 0 Å². The molecular weight excluding hydrogens is 345 g/mol. The average Bonchev–Trinajstić information content (AvgIpc) is 2.39. The summed E-state index contributed by atoms with van der Waals surface area (Å²) in [5, 5.41) is 3.05. The van der Waals surface area contributed by atoms with Crippen molar-refractivity contribution in [3.63, 3.8) is 0 Å². The zero-order valence-electron chi connectivity index (χ0n) is 10.7. The summed E-state index contributed by atoms with van der Waals surface area (Å²) in [5.41, 5.74) is 1.27. The van der Waals surface area contributed by atoms with Crippen molar-refractivity contribution in [2.45, 2.75) is 11.4 Å². The van der Waals surface area contributed by atoms with E-state index in [1.165, 1.54) is 18.2 Å². The number of hydrogen-bond acceptors (Lipinski definition) is 3. The van der Waals surface area contributed by atoms with Gasteiger partial charge in [-0.2, -0.15) is 0 Å². The SMILES string of the molecule is CS(=O)(=O)c1ccc(NCc2cc(Br)ccc2F)cc1. The van der Waals surface area contributed by atoms with Crippen LogP contribution in [0.2, 0.25) is 0 Å². The normalized spacial score (nSPS) is 11.3. The molecule has 0 unspecified atom stereocenters. The van der Waals surface area contributed by atoms with Crippen LogP contribution in [0.25, 0.3) is 0 Å². The smallest absolute Gasteiger partial charge is 0.175 e. The lowest BCUT2D eigenvalue weighted by Gasteiger charge is -2.08. The largest absolute Gasteiger partial charge is 0.381 e. The molecular formula is C14H13BrFNO2S. The van der Waals surface area contributed by atoms with Crippen molar-refractivity contribution in [2.24, 2.45) is 0 Å². The average molecular weight is 358 g/mol. The molecule has 2 aromatic rings. The second kappa shape index (κ2) is 5.93. The van der Waals surface area contributed by atoms with E-state index in [0.717, 1.165) is 16.4 Å². The Morgan fingerprint density at radius 2 is 1.80 bits per heavy atom. The number of nitrogens with one attached hydrogen (secondary N) is 1. The van der Waals surface area contributed by atoms with Gasteiger partial charge < -0.3 is 5.32 Å². The second-order valence-electron chi connectivity index (χ2n) is 4.39. The van der Waals surface area contributed by atoms with Gasteiger partial charge in [0.15, 0.2) is 9.84 Å². The summed E-state index contributed by atoms with van der Waals surface area (Å²) in [7, 11) is -3.19. The Kier molecular flexibility index (Phi) is 4.45. The Balaban J connectivity index is 2.10. The van der Waals surface area contributed by atoms with Gasteiger partial charge in [0.05, 0.1) is 4.90 Å². The number of rotatable bonds is 4. The third-order valence-electron chi connectivity index (χ3n) is 2.77. The summed E-state index contributed by atoms with van der Waals surface area (Å²) >= 11 is 3.29. The predicted molar refractivity (Wildman–Crippen MR) is 81.0 cm³/mol. The third kappa shape index (κ3) is 3.80. The van der Waals surface area contributed by atoms with Gasteiger partial charge in [-0.05, 0) is 42.5 Å². The highest BCUT2D eigenvalue weighted by Gasteiger charge is 2.06. The minimum Gasteiger partial charge on any atom is -0.381 e. The molecule has 3 nitrogen and oxygen atoms in total. The summed E-state index contributed by atoms with van der Waals surface area (Å²) in [6.07, 6.45) is 1.16. The molecule has 6 heteroatoms. The Bertz CT molecular complexity index is 714. The molecule has 0 spiro atoms. The van der Waals surface area contributed by atoms with E-state index in [0.29, 0.717) is 12.1 Å². The van der Waals surface area contributed by atoms with Crippen molar-refractivity contribution in [3.05, 3.63) is 58.3 Å². The minimum absolute atomic E-state index is 0.261. The molecule has 0 radical (unpaired) electrons. The van der Waals surface area contributed by atoms with Gasteiger partial charge in [-0.25, -0.2) is 12.8 Å². The maximum atomic E-state index is 13.6. The van der Waals surface area contributed by atoms with E-state index in [1.807, 2.05) is 0 Å². The Morgan fingerprint density at radius 1 is 1.15 bits per heavy atom. The molecule has 0 amide bonds. The summed E-state index contributed by atoms with van der Waals surface area (Å²) in [5.74, 6) is -0.284. The number of benzene rings is 2. The van der Waals surface area contributed by atoms with E-state index in [-0.39, 0.29) is 10.7 Å². The van der Waals surface area contributed by atoms with Crippen molar-refractivity contribution < 1.29 is 12.8 Å². The molecule has 1 N–H and O–H groups in total. The van der Waals surface area contributed by atoms with Crippen LogP contribution in [0.15, 0.2) is 51.8 Å². The molecule has 2 rings (SSSR count). The monoisotopic (exact) mass is 357 g/mol. The van der Waals surface area contributed by atoms with Gasteiger partial charge in [-0.15, -0.1) is 0 Å². The van der Waals surface area contributed by atoms with Crippen LogP contribution in [0, 0.1) is 5.82 Å². The van der Waals surface area contributed by atoms with Crippen LogP contribution in [0.5, 0.6) is 0 Å². The molecule has 0 aromatic heterocycles. The molecule has 0 heterocycles. The van der Waals surface area contributed by atoms with Crippen molar-refractivity contribution >= 4 is 31.5 Å². The predicted octanol–water partition coefficient (Wildman–Crippen LogP) is 3.60. The Morgan fingerprint density at radius 3 is 2.40 bits per heavy atom. The molecule has 0 atom stereocenters. The maximum Gasteiger partial charge on any atom is 0.175 e. The van der Waals surface area contributed by atoms with Crippen molar-refractivity contribution in [1.29, 1.82) is 0 Å². The molecule has 0 saturated carbocycles. The summed E-state index contributed by atoms with van der Waals surface area (Å²) in [6, 6.07) is 11.1. The highest BCUT2D eigenvalue weighted by molar-refractivity contribution is 9.10. The molecule has 0 bridgehead atoms. The second-order valence-corrected chi connectivity index (χ2v) is 7.32. The molecule has 2 aromatic carbocycles. The number of sulfone groups is 1. The zero-order valence-corrected chi connectivity index (χ0v) is 13.1.